The van der Waals surface area contributed by atoms with Crippen molar-refractivity contribution in [1.82, 2.24) is 10.6 Å². The standard InChI is InChI=1S/C29H24BrF3N4O2/c30-22-13-17-24(18-14-22)35-28(39)37-26(20-9-5-2-6-10-20)25(19-7-3-1-4-8-19)36-27(38)34-23-15-11-21(12-16-23)29(31,32)33/h1-18,25-26H,(H2,34,36,38)(H2,35,37,39)/t25-,26+/m0/s1. The molecule has 39 heavy (non-hydrogen) atoms. The lowest BCUT2D eigenvalue weighted by atomic mass is 9.93. The molecule has 0 aliphatic carbocycles. The molecule has 10 heteroatoms. The number of halogens is 4. The molecule has 2 atom stereocenters. The van der Waals surface area contributed by atoms with Crippen molar-refractivity contribution in [2.24, 2.45) is 0 Å². The fraction of sp³-hybridized carbons (Fsp3) is 0.103. The van der Waals surface area contributed by atoms with Gasteiger partial charge in [0.15, 0.2) is 0 Å². The van der Waals surface area contributed by atoms with Gasteiger partial charge in [-0.15, -0.1) is 0 Å². The third-order valence-electron chi connectivity index (χ3n) is 5.80. The minimum Gasteiger partial charge on any atom is -0.329 e. The van der Waals surface area contributed by atoms with Gasteiger partial charge in [-0.2, -0.15) is 13.2 Å². The van der Waals surface area contributed by atoms with E-state index in [0.29, 0.717) is 11.3 Å². The van der Waals surface area contributed by atoms with Crippen molar-refractivity contribution in [3.63, 3.8) is 0 Å². The molecule has 0 radical (unpaired) electrons. The quantitative estimate of drug-likeness (QED) is 0.175. The Morgan fingerprint density at radius 1 is 0.590 bits per heavy atom. The molecule has 6 nitrogen and oxygen atoms in total. The van der Waals surface area contributed by atoms with Crippen molar-refractivity contribution in [2.75, 3.05) is 10.6 Å². The summed E-state index contributed by atoms with van der Waals surface area (Å²) in [6.45, 7) is 0. The number of nitrogens with one attached hydrogen (secondary N) is 4. The molecule has 0 unspecified atom stereocenters. The number of hydrogen-bond acceptors (Lipinski definition) is 2. The second kappa shape index (κ2) is 12.5. The van der Waals surface area contributed by atoms with E-state index in [1.54, 1.807) is 24.3 Å². The molecule has 4 rings (SSSR count). The normalized spacial score (nSPS) is 12.6. The van der Waals surface area contributed by atoms with Crippen LogP contribution in [-0.2, 0) is 6.18 Å². The Morgan fingerprint density at radius 2 is 0.974 bits per heavy atom. The highest BCUT2D eigenvalue weighted by Gasteiger charge is 2.31. The Hall–Kier alpha value is -4.31. The molecule has 0 bridgehead atoms. The van der Waals surface area contributed by atoms with Crippen molar-refractivity contribution in [1.29, 1.82) is 0 Å². The Bertz CT molecular complexity index is 1380. The van der Waals surface area contributed by atoms with Gasteiger partial charge in [0.1, 0.15) is 0 Å². The van der Waals surface area contributed by atoms with Gasteiger partial charge in [0, 0.05) is 15.8 Å². The van der Waals surface area contributed by atoms with E-state index in [1.807, 2.05) is 60.7 Å². The molecule has 0 aliphatic rings. The summed E-state index contributed by atoms with van der Waals surface area (Å²) in [5, 5.41) is 11.2. The average molecular weight is 597 g/mol. The number of hydrogen-bond donors (Lipinski definition) is 4. The average Bonchev–Trinajstić information content (AvgIpc) is 2.93. The first kappa shape index (κ1) is 27.7. The lowest BCUT2D eigenvalue weighted by Crippen LogP contribution is -2.43. The zero-order chi connectivity index (χ0) is 27.8. The maximum Gasteiger partial charge on any atom is 0.416 e. The van der Waals surface area contributed by atoms with Crippen LogP contribution in [-0.4, -0.2) is 12.1 Å². The number of benzene rings is 4. The topological polar surface area (TPSA) is 82.3 Å². The minimum atomic E-state index is -4.48. The van der Waals surface area contributed by atoms with E-state index in [9.17, 15) is 22.8 Å². The van der Waals surface area contributed by atoms with E-state index in [0.717, 1.165) is 22.2 Å². The highest BCUT2D eigenvalue weighted by molar-refractivity contribution is 9.10. The number of rotatable bonds is 7. The number of carbonyl (C=O) groups excluding carboxylic acids is 2. The van der Waals surface area contributed by atoms with Crippen LogP contribution < -0.4 is 21.3 Å². The molecule has 0 aliphatic heterocycles. The van der Waals surface area contributed by atoms with E-state index in [4.69, 9.17) is 0 Å². The summed E-state index contributed by atoms with van der Waals surface area (Å²) in [5.41, 5.74) is 1.38. The van der Waals surface area contributed by atoms with Crippen LogP contribution in [0.3, 0.4) is 0 Å². The first-order valence-electron chi connectivity index (χ1n) is 11.9. The number of anilines is 2. The van der Waals surface area contributed by atoms with Gasteiger partial charge in [0.25, 0.3) is 0 Å². The SMILES string of the molecule is O=C(Nc1ccc(Br)cc1)N[C@H](c1ccccc1)[C@@H](NC(=O)Nc1ccc(C(F)(F)F)cc1)c1ccccc1. The fourth-order valence-electron chi connectivity index (χ4n) is 3.93. The predicted octanol–water partition coefficient (Wildman–Crippen LogP) is 7.89. The lowest BCUT2D eigenvalue weighted by Gasteiger charge is -2.30. The molecule has 4 N–H and O–H groups in total. The molecular formula is C29H24BrF3N4O2. The molecule has 4 aromatic carbocycles. The monoisotopic (exact) mass is 596 g/mol. The van der Waals surface area contributed by atoms with Crippen LogP contribution in [0.1, 0.15) is 28.8 Å². The zero-order valence-electron chi connectivity index (χ0n) is 20.4. The highest BCUT2D eigenvalue weighted by Crippen LogP contribution is 2.31. The van der Waals surface area contributed by atoms with Gasteiger partial charge in [-0.1, -0.05) is 76.6 Å². The summed E-state index contributed by atoms with van der Waals surface area (Å²) in [6.07, 6.45) is -4.48. The van der Waals surface area contributed by atoms with Crippen LogP contribution in [0.25, 0.3) is 0 Å². The molecule has 4 amide bonds. The van der Waals surface area contributed by atoms with Crippen LogP contribution in [0.2, 0.25) is 0 Å². The summed E-state index contributed by atoms with van der Waals surface area (Å²) in [7, 11) is 0. The van der Waals surface area contributed by atoms with Crippen molar-refractivity contribution in [3.05, 3.63) is 130 Å². The van der Waals surface area contributed by atoms with Crippen LogP contribution in [0.4, 0.5) is 34.1 Å². The van der Waals surface area contributed by atoms with Crippen molar-refractivity contribution < 1.29 is 22.8 Å². The zero-order valence-corrected chi connectivity index (χ0v) is 22.0. The van der Waals surface area contributed by atoms with Crippen LogP contribution in [0, 0.1) is 0 Å². The summed E-state index contributed by atoms with van der Waals surface area (Å²) < 4.78 is 39.6. The van der Waals surface area contributed by atoms with Gasteiger partial charge in [-0.05, 0) is 59.7 Å². The number of alkyl halides is 3. The molecular weight excluding hydrogens is 573 g/mol. The molecule has 0 spiro atoms. The number of amides is 4. The molecule has 0 saturated carbocycles. The highest BCUT2D eigenvalue weighted by atomic mass is 79.9. The van der Waals surface area contributed by atoms with Gasteiger partial charge >= 0.3 is 18.2 Å². The van der Waals surface area contributed by atoms with Crippen molar-refractivity contribution in [2.45, 2.75) is 18.3 Å². The van der Waals surface area contributed by atoms with Gasteiger partial charge in [0.05, 0.1) is 17.6 Å². The van der Waals surface area contributed by atoms with E-state index < -0.39 is 35.9 Å². The third-order valence-corrected chi connectivity index (χ3v) is 6.32. The molecule has 4 aromatic rings. The maximum atomic E-state index is 13.1. The lowest BCUT2D eigenvalue weighted by molar-refractivity contribution is -0.137. The Morgan fingerprint density at radius 3 is 1.36 bits per heavy atom. The van der Waals surface area contributed by atoms with Crippen LogP contribution in [0.15, 0.2) is 114 Å². The van der Waals surface area contributed by atoms with Gasteiger partial charge < -0.3 is 21.3 Å². The molecule has 0 saturated heterocycles. The first-order valence-corrected chi connectivity index (χ1v) is 12.7. The molecule has 0 heterocycles. The minimum absolute atomic E-state index is 0.185. The second-order valence-electron chi connectivity index (χ2n) is 8.56. The summed E-state index contributed by atoms with van der Waals surface area (Å²) in [4.78, 5) is 26.1. The van der Waals surface area contributed by atoms with E-state index in [1.165, 1.54) is 12.1 Å². The molecule has 0 aromatic heterocycles. The fourth-order valence-corrected chi connectivity index (χ4v) is 4.20. The Labute approximate surface area is 231 Å². The van der Waals surface area contributed by atoms with E-state index in [2.05, 4.69) is 37.2 Å². The van der Waals surface area contributed by atoms with E-state index >= 15 is 0 Å². The predicted molar refractivity (Wildman–Crippen MR) is 148 cm³/mol. The molecule has 0 fully saturated rings. The van der Waals surface area contributed by atoms with Gasteiger partial charge in [0.2, 0.25) is 0 Å². The first-order chi connectivity index (χ1) is 18.7. The number of carbonyl (C=O) groups is 2. The maximum absolute atomic E-state index is 13.1. The Kier molecular flexibility index (Phi) is 8.88. The van der Waals surface area contributed by atoms with Crippen molar-refractivity contribution >= 4 is 39.4 Å². The third kappa shape index (κ3) is 7.84. The summed E-state index contributed by atoms with van der Waals surface area (Å²) in [6, 6.07) is 26.8. The largest absolute Gasteiger partial charge is 0.416 e. The van der Waals surface area contributed by atoms with Crippen LogP contribution >= 0.6 is 15.9 Å². The smallest absolute Gasteiger partial charge is 0.329 e. The second-order valence-corrected chi connectivity index (χ2v) is 9.47. The van der Waals surface area contributed by atoms with Gasteiger partial charge in [-0.25, -0.2) is 9.59 Å². The summed E-state index contributed by atoms with van der Waals surface area (Å²) in [5.74, 6) is 0. The number of urea groups is 2. The Balaban J connectivity index is 1.59. The van der Waals surface area contributed by atoms with Crippen molar-refractivity contribution in [3.8, 4) is 0 Å². The molecule has 200 valence electrons. The van der Waals surface area contributed by atoms with E-state index in [-0.39, 0.29) is 5.69 Å². The van der Waals surface area contributed by atoms with Gasteiger partial charge in [-0.3, -0.25) is 0 Å². The van der Waals surface area contributed by atoms with Crippen LogP contribution in [0.5, 0.6) is 0 Å². The summed E-state index contributed by atoms with van der Waals surface area (Å²) >= 11 is 3.36.